The minimum Gasteiger partial charge on any atom is -0.398 e. The van der Waals surface area contributed by atoms with Gasteiger partial charge in [0.05, 0.1) is 0 Å². The van der Waals surface area contributed by atoms with Crippen molar-refractivity contribution in [2.24, 2.45) is 0 Å². The number of hydrogen-bond acceptors (Lipinski definition) is 2. The molecule has 0 aliphatic heterocycles. The summed E-state index contributed by atoms with van der Waals surface area (Å²) in [4.78, 5) is 0. The Hall–Kier alpha value is -1.62. The molecule has 0 heterocycles. The molecule has 0 fully saturated rings. The predicted octanol–water partition coefficient (Wildman–Crippen LogP) is 4.23. The first kappa shape index (κ1) is 13.8. The van der Waals surface area contributed by atoms with E-state index in [0.29, 0.717) is 5.69 Å². The molecular weight excluding hydrogens is 314 g/mol. The number of hydrogen-bond donors (Lipinski definition) is 2. The van der Waals surface area contributed by atoms with E-state index in [4.69, 9.17) is 5.73 Å². The van der Waals surface area contributed by atoms with Crippen LogP contribution < -0.4 is 11.1 Å². The summed E-state index contributed by atoms with van der Waals surface area (Å²) in [5, 5.41) is 3.06. The van der Waals surface area contributed by atoms with E-state index in [1.54, 1.807) is 6.07 Å². The molecule has 2 aromatic carbocycles. The second-order valence-corrected chi connectivity index (χ2v) is 5.13. The van der Waals surface area contributed by atoms with Crippen LogP contribution in [0.4, 0.5) is 20.2 Å². The highest BCUT2D eigenvalue weighted by molar-refractivity contribution is 9.10. The van der Waals surface area contributed by atoms with Crippen molar-refractivity contribution >= 4 is 27.3 Å². The molecule has 5 heteroatoms. The van der Waals surface area contributed by atoms with E-state index in [1.165, 1.54) is 6.07 Å². The summed E-state index contributed by atoms with van der Waals surface area (Å²) in [6.07, 6.45) is 0. The Labute approximate surface area is 118 Å². The maximum atomic E-state index is 13.5. The summed E-state index contributed by atoms with van der Waals surface area (Å²) in [5.74, 6) is -0.886. The van der Waals surface area contributed by atoms with Gasteiger partial charge < -0.3 is 11.1 Å². The summed E-state index contributed by atoms with van der Waals surface area (Å²) in [6.45, 7) is 2.08. The molecule has 0 atom stereocenters. The van der Waals surface area contributed by atoms with Gasteiger partial charge in [0, 0.05) is 28.0 Å². The van der Waals surface area contributed by atoms with Crippen LogP contribution in [0.5, 0.6) is 0 Å². The highest BCUT2D eigenvalue weighted by Gasteiger charge is 2.06. The molecule has 2 rings (SSSR count). The van der Waals surface area contributed by atoms with Crippen LogP contribution in [0.1, 0.15) is 11.1 Å². The number of aryl methyl sites for hydroxylation is 1. The van der Waals surface area contributed by atoms with E-state index in [2.05, 4.69) is 21.2 Å². The quantitative estimate of drug-likeness (QED) is 0.828. The van der Waals surface area contributed by atoms with Gasteiger partial charge in [-0.2, -0.15) is 0 Å². The average Bonchev–Trinajstić information content (AvgIpc) is 2.36. The fraction of sp³-hybridized carbons (Fsp3) is 0.143. The first-order chi connectivity index (χ1) is 8.97. The molecular formula is C14H13BrF2N2. The molecule has 0 radical (unpaired) electrons. The molecule has 0 bridgehead atoms. The van der Waals surface area contributed by atoms with E-state index in [-0.39, 0.29) is 12.1 Å². The molecule has 3 N–H and O–H groups in total. The third-order valence-electron chi connectivity index (χ3n) is 2.83. The van der Waals surface area contributed by atoms with Gasteiger partial charge in [-0.15, -0.1) is 0 Å². The Kier molecular flexibility index (Phi) is 4.04. The van der Waals surface area contributed by atoms with Crippen molar-refractivity contribution in [1.29, 1.82) is 0 Å². The van der Waals surface area contributed by atoms with Crippen LogP contribution >= 0.6 is 15.9 Å². The lowest BCUT2D eigenvalue weighted by atomic mass is 10.1. The predicted molar refractivity (Wildman–Crippen MR) is 77.0 cm³/mol. The number of nitrogens with one attached hydrogen (secondary N) is 1. The lowest BCUT2D eigenvalue weighted by Gasteiger charge is -2.12. The van der Waals surface area contributed by atoms with Crippen LogP contribution in [0.15, 0.2) is 34.8 Å². The van der Waals surface area contributed by atoms with Gasteiger partial charge in [0.2, 0.25) is 0 Å². The largest absolute Gasteiger partial charge is 0.398 e. The fourth-order valence-corrected chi connectivity index (χ4v) is 2.20. The molecule has 2 aromatic rings. The fourth-order valence-electron chi connectivity index (χ4n) is 1.70. The van der Waals surface area contributed by atoms with Gasteiger partial charge in [0.15, 0.2) is 0 Å². The molecule has 0 aliphatic carbocycles. The van der Waals surface area contributed by atoms with Gasteiger partial charge in [-0.3, -0.25) is 0 Å². The summed E-state index contributed by atoms with van der Waals surface area (Å²) in [7, 11) is 0. The first-order valence-electron chi connectivity index (χ1n) is 5.71. The first-order valence-corrected chi connectivity index (χ1v) is 6.50. The van der Waals surface area contributed by atoms with Gasteiger partial charge in [0.1, 0.15) is 11.6 Å². The Bertz CT molecular complexity index is 615. The van der Waals surface area contributed by atoms with Gasteiger partial charge in [-0.05, 0) is 58.7 Å². The highest BCUT2D eigenvalue weighted by Crippen LogP contribution is 2.28. The zero-order valence-electron chi connectivity index (χ0n) is 10.3. The van der Waals surface area contributed by atoms with Crippen LogP contribution in [0.25, 0.3) is 0 Å². The molecule has 0 aromatic heterocycles. The maximum Gasteiger partial charge on any atom is 0.128 e. The summed E-state index contributed by atoms with van der Waals surface area (Å²) in [6, 6.07) is 7.04. The van der Waals surface area contributed by atoms with Gasteiger partial charge in [-0.25, -0.2) is 8.78 Å². The monoisotopic (exact) mass is 326 g/mol. The Morgan fingerprint density at radius 1 is 1.21 bits per heavy atom. The van der Waals surface area contributed by atoms with Crippen molar-refractivity contribution in [3.63, 3.8) is 0 Å². The average molecular weight is 327 g/mol. The molecule has 0 saturated heterocycles. The van der Waals surface area contributed by atoms with Crippen LogP contribution in [-0.4, -0.2) is 0 Å². The number of benzene rings is 2. The number of halogens is 3. The smallest absolute Gasteiger partial charge is 0.128 e. The Balaban J connectivity index is 2.19. The van der Waals surface area contributed by atoms with Crippen molar-refractivity contribution in [2.75, 3.05) is 11.1 Å². The Morgan fingerprint density at radius 2 is 1.95 bits per heavy atom. The third-order valence-corrected chi connectivity index (χ3v) is 3.49. The summed E-state index contributed by atoms with van der Waals surface area (Å²) < 4.78 is 27.3. The van der Waals surface area contributed by atoms with Crippen LogP contribution in [0, 0.1) is 18.6 Å². The lowest BCUT2D eigenvalue weighted by Crippen LogP contribution is -2.04. The molecule has 0 saturated carbocycles. The Morgan fingerprint density at radius 3 is 2.68 bits per heavy atom. The van der Waals surface area contributed by atoms with Crippen LogP contribution in [0.3, 0.4) is 0 Å². The van der Waals surface area contributed by atoms with Crippen molar-refractivity contribution in [2.45, 2.75) is 13.5 Å². The highest BCUT2D eigenvalue weighted by atomic mass is 79.9. The second kappa shape index (κ2) is 5.57. The minimum absolute atomic E-state index is 0.200. The van der Waals surface area contributed by atoms with Crippen molar-refractivity contribution in [3.8, 4) is 0 Å². The topological polar surface area (TPSA) is 38.0 Å². The van der Waals surface area contributed by atoms with E-state index >= 15 is 0 Å². The number of nitrogen functional groups attached to an aromatic ring is 1. The summed E-state index contributed by atoms with van der Waals surface area (Å²) >= 11 is 3.38. The van der Waals surface area contributed by atoms with Crippen LogP contribution in [0.2, 0.25) is 0 Å². The molecule has 0 spiro atoms. The minimum atomic E-state index is -0.453. The number of anilines is 2. The van der Waals surface area contributed by atoms with Gasteiger partial charge in [-0.1, -0.05) is 0 Å². The zero-order chi connectivity index (χ0) is 14.0. The van der Waals surface area contributed by atoms with E-state index in [0.717, 1.165) is 27.9 Å². The van der Waals surface area contributed by atoms with Crippen LogP contribution in [-0.2, 0) is 6.54 Å². The number of nitrogens with two attached hydrogens (primary N) is 1. The number of rotatable bonds is 3. The molecule has 0 unspecified atom stereocenters. The molecule has 0 amide bonds. The van der Waals surface area contributed by atoms with E-state index in [1.807, 2.05) is 13.0 Å². The standard InChI is InChI=1S/C14H13BrF2N2/c1-8-4-14(11(15)6-13(8)18)19-7-9-5-10(16)2-3-12(9)17/h2-6,19H,7,18H2,1H3. The normalized spacial score (nSPS) is 10.5. The second-order valence-electron chi connectivity index (χ2n) is 4.28. The van der Waals surface area contributed by atoms with Crippen molar-refractivity contribution in [1.82, 2.24) is 0 Å². The summed E-state index contributed by atoms with van der Waals surface area (Å²) in [5.41, 5.74) is 8.44. The molecule has 100 valence electrons. The van der Waals surface area contributed by atoms with Crippen molar-refractivity contribution < 1.29 is 8.78 Å². The molecule has 0 aliphatic rings. The third kappa shape index (κ3) is 3.23. The lowest BCUT2D eigenvalue weighted by molar-refractivity contribution is 0.587. The SMILES string of the molecule is Cc1cc(NCc2cc(F)ccc2F)c(Br)cc1N. The van der Waals surface area contributed by atoms with Gasteiger partial charge in [0.25, 0.3) is 0 Å². The van der Waals surface area contributed by atoms with E-state index in [9.17, 15) is 8.78 Å². The van der Waals surface area contributed by atoms with Crippen molar-refractivity contribution in [3.05, 3.63) is 57.6 Å². The molecule has 19 heavy (non-hydrogen) atoms. The maximum absolute atomic E-state index is 13.5. The zero-order valence-corrected chi connectivity index (χ0v) is 11.9. The van der Waals surface area contributed by atoms with Gasteiger partial charge >= 0.3 is 0 Å². The van der Waals surface area contributed by atoms with E-state index < -0.39 is 11.6 Å². The molecule has 2 nitrogen and oxygen atoms in total.